The molecule has 0 N–H and O–H groups in total. The average Bonchev–Trinajstić information content (AvgIpc) is 2.48. The Balaban J connectivity index is 2.31. The van der Waals surface area contributed by atoms with E-state index in [4.69, 9.17) is 9.47 Å². The maximum atomic E-state index is 11.3. The third-order valence-electron chi connectivity index (χ3n) is 1.78. The molecule has 1 rings (SSSR count). The van der Waals surface area contributed by atoms with E-state index < -0.39 is 5.60 Å². The Bertz CT molecular complexity index is 304. The van der Waals surface area contributed by atoms with Gasteiger partial charge in [-0.2, -0.15) is 0 Å². The number of cyclic esters (lactones) is 1. The summed E-state index contributed by atoms with van der Waals surface area (Å²) in [6.07, 6.45) is 2.93. The molecule has 0 saturated carbocycles. The molecule has 1 fully saturated rings. The summed E-state index contributed by atoms with van der Waals surface area (Å²) < 4.78 is 9.83. The van der Waals surface area contributed by atoms with Crippen LogP contribution in [0.25, 0.3) is 0 Å². The van der Waals surface area contributed by atoms with Crippen LogP contribution in [0.2, 0.25) is 0 Å². The number of ether oxygens (including phenoxy) is 2. The molecular formula is C11H17NO4. The van der Waals surface area contributed by atoms with Crippen LogP contribution in [0.3, 0.4) is 0 Å². The quantitative estimate of drug-likeness (QED) is 0.688. The second kappa shape index (κ2) is 5.01. The third kappa shape index (κ3) is 4.33. The summed E-state index contributed by atoms with van der Waals surface area (Å²) in [5.74, 6) is -0.309. The number of carbonyl (C=O) groups is 2. The number of hydrogen-bond acceptors (Lipinski definition) is 4. The molecule has 5 heteroatoms. The van der Waals surface area contributed by atoms with E-state index >= 15 is 0 Å². The zero-order chi connectivity index (χ0) is 12.2. The standard InChI is InChI=1S/C11H17NO4/c1-11(2,3)16-9(13)5-4-6-12-7-8-15-10(12)14/h4,6H,5,7-8H2,1-3H3/b6-4+. The van der Waals surface area contributed by atoms with Gasteiger partial charge in [-0.05, 0) is 20.8 Å². The van der Waals surface area contributed by atoms with Crippen LogP contribution < -0.4 is 0 Å². The molecule has 90 valence electrons. The van der Waals surface area contributed by atoms with Crippen molar-refractivity contribution >= 4 is 12.1 Å². The van der Waals surface area contributed by atoms with Gasteiger partial charge in [0.15, 0.2) is 0 Å². The summed E-state index contributed by atoms with van der Waals surface area (Å²) in [6.45, 7) is 6.37. The van der Waals surface area contributed by atoms with Gasteiger partial charge in [0.1, 0.15) is 12.2 Å². The van der Waals surface area contributed by atoms with Crippen molar-refractivity contribution in [3.8, 4) is 0 Å². The first-order valence-electron chi connectivity index (χ1n) is 5.20. The lowest BCUT2D eigenvalue weighted by molar-refractivity contribution is -0.153. The van der Waals surface area contributed by atoms with Crippen molar-refractivity contribution in [3.05, 3.63) is 12.3 Å². The van der Waals surface area contributed by atoms with Gasteiger partial charge in [0, 0.05) is 6.20 Å². The fourth-order valence-electron chi connectivity index (χ4n) is 1.20. The van der Waals surface area contributed by atoms with Gasteiger partial charge in [0.25, 0.3) is 0 Å². The first kappa shape index (κ1) is 12.5. The Hall–Kier alpha value is -1.52. The second-order valence-electron chi connectivity index (χ2n) is 4.48. The molecule has 0 bridgehead atoms. The van der Waals surface area contributed by atoms with E-state index in [-0.39, 0.29) is 18.5 Å². The summed E-state index contributed by atoms with van der Waals surface area (Å²) in [5.41, 5.74) is -0.475. The molecule has 0 aromatic heterocycles. The molecule has 1 saturated heterocycles. The normalized spacial score (nSPS) is 16.7. The van der Waals surface area contributed by atoms with Gasteiger partial charge in [-0.15, -0.1) is 0 Å². The molecule has 1 amide bonds. The largest absolute Gasteiger partial charge is 0.460 e. The highest BCUT2D eigenvalue weighted by molar-refractivity contribution is 5.73. The minimum atomic E-state index is -0.475. The smallest absolute Gasteiger partial charge is 0.413 e. The minimum Gasteiger partial charge on any atom is -0.460 e. The van der Waals surface area contributed by atoms with Gasteiger partial charge in [0.2, 0.25) is 0 Å². The number of nitrogens with zero attached hydrogens (tertiary/aromatic N) is 1. The molecule has 1 aliphatic heterocycles. The topological polar surface area (TPSA) is 55.8 Å². The molecule has 0 radical (unpaired) electrons. The molecule has 0 unspecified atom stereocenters. The van der Waals surface area contributed by atoms with Gasteiger partial charge in [-0.1, -0.05) is 6.08 Å². The van der Waals surface area contributed by atoms with E-state index in [1.165, 1.54) is 4.90 Å². The summed E-state index contributed by atoms with van der Waals surface area (Å²) in [4.78, 5) is 23.7. The highest BCUT2D eigenvalue weighted by Crippen LogP contribution is 2.09. The van der Waals surface area contributed by atoms with Gasteiger partial charge in [-0.3, -0.25) is 9.69 Å². The monoisotopic (exact) mass is 227 g/mol. The van der Waals surface area contributed by atoms with E-state index in [1.807, 2.05) is 20.8 Å². The van der Waals surface area contributed by atoms with Crippen LogP contribution in [0.5, 0.6) is 0 Å². The number of carbonyl (C=O) groups excluding carboxylic acids is 2. The van der Waals surface area contributed by atoms with Gasteiger partial charge in [-0.25, -0.2) is 4.79 Å². The molecular weight excluding hydrogens is 210 g/mol. The summed E-state index contributed by atoms with van der Waals surface area (Å²) in [5, 5.41) is 0. The van der Waals surface area contributed by atoms with Crippen LogP contribution in [0, 0.1) is 0 Å². The van der Waals surface area contributed by atoms with Gasteiger partial charge < -0.3 is 9.47 Å². The van der Waals surface area contributed by atoms with E-state index in [1.54, 1.807) is 12.3 Å². The zero-order valence-electron chi connectivity index (χ0n) is 9.86. The fourth-order valence-corrected chi connectivity index (χ4v) is 1.20. The second-order valence-corrected chi connectivity index (χ2v) is 4.48. The van der Waals surface area contributed by atoms with Crippen molar-refractivity contribution < 1.29 is 19.1 Å². The Kier molecular flexibility index (Phi) is 3.93. The Morgan fingerprint density at radius 3 is 2.75 bits per heavy atom. The van der Waals surface area contributed by atoms with Crippen LogP contribution in [0.15, 0.2) is 12.3 Å². The highest BCUT2D eigenvalue weighted by atomic mass is 16.6. The molecule has 1 aliphatic rings. The maximum absolute atomic E-state index is 11.3. The zero-order valence-corrected chi connectivity index (χ0v) is 9.86. The Morgan fingerprint density at radius 2 is 2.25 bits per heavy atom. The lowest BCUT2D eigenvalue weighted by Crippen LogP contribution is -2.23. The lowest BCUT2D eigenvalue weighted by atomic mass is 10.2. The first-order valence-corrected chi connectivity index (χ1v) is 5.20. The fraction of sp³-hybridized carbons (Fsp3) is 0.636. The highest BCUT2D eigenvalue weighted by Gasteiger charge is 2.19. The molecule has 0 aromatic rings. The van der Waals surface area contributed by atoms with Crippen LogP contribution >= 0.6 is 0 Å². The Labute approximate surface area is 95.0 Å². The van der Waals surface area contributed by atoms with Gasteiger partial charge in [0.05, 0.1) is 13.0 Å². The molecule has 0 aromatic carbocycles. The molecule has 5 nitrogen and oxygen atoms in total. The van der Waals surface area contributed by atoms with Crippen molar-refractivity contribution in [2.24, 2.45) is 0 Å². The number of hydrogen-bond donors (Lipinski definition) is 0. The van der Waals surface area contributed by atoms with E-state index in [0.717, 1.165) is 0 Å². The van der Waals surface area contributed by atoms with Crippen molar-refractivity contribution in [1.29, 1.82) is 0 Å². The molecule has 0 spiro atoms. The van der Waals surface area contributed by atoms with Crippen LogP contribution in [0.4, 0.5) is 4.79 Å². The van der Waals surface area contributed by atoms with Crippen molar-refractivity contribution in [2.75, 3.05) is 13.2 Å². The summed E-state index contributed by atoms with van der Waals surface area (Å²) in [6, 6.07) is 0. The minimum absolute atomic E-state index is 0.154. The average molecular weight is 227 g/mol. The van der Waals surface area contributed by atoms with E-state index in [0.29, 0.717) is 13.2 Å². The molecule has 0 atom stereocenters. The third-order valence-corrected chi connectivity index (χ3v) is 1.78. The van der Waals surface area contributed by atoms with Crippen molar-refractivity contribution in [3.63, 3.8) is 0 Å². The Morgan fingerprint density at radius 1 is 1.56 bits per heavy atom. The van der Waals surface area contributed by atoms with E-state index in [2.05, 4.69) is 0 Å². The van der Waals surface area contributed by atoms with Gasteiger partial charge >= 0.3 is 12.1 Å². The first-order chi connectivity index (χ1) is 7.38. The molecule has 16 heavy (non-hydrogen) atoms. The summed E-state index contributed by atoms with van der Waals surface area (Å²) >= 11 is 0. The summed E-state index contributed by atoms with van der Waals surface area (Å²) in [7, 11) is 0. The molecule has 1 heterocycles. The lowest BCUT2D eigenvalue weighted by Gasteiger charge is -2.18. The predicted octanol–water partition coefficient (Wildman–Crippen LogP) is 1.68. The maximum Gasteiger partial charge on any atom is 0.413 e. The van der Waals surface area contributed by atoms with Crippen LogP contribution in [0.1, 0.15) is 27.2 Å². The number of esters is 1. The molecule has 0 aliphatic carbocycles. The van der Waals surface area contributed by atoms with Crippen molar-refractivity contribution in [2.45, 2.75) is 32.8 Å². The van der Waals surface area contributed by atoms with Crippen LogP contribution in [-0.2, 0) is 14.3 Å². The van der Waals surface area contributed by atoms with E-state index in [9.17, 15) is 9.59 Å². The predicted molar refractivity (Wildman–Crippen MR) is 57.7 cm³/mol. The number of rotatable bonds is 3. The number of amides is 1. The van der Waals surface area contributed by atoms with Crippen LogP contribution in [-0.4, -0.2) is 35.7 Å². The SMILES string of the molecule is CC(C)(C)OC(=O)C/C=C/N1CCOC1=O. The van der Waals surface area contributed by atoms with Crippen molar-refractivity contribution in [1.82, 2.24) is 4.90 Å².